The molecule has 0 saturated heterocycles. The summed E-state index contributed by atoms with van der Waals surface area (Å²) in [5, 5.41) is 7.50. The Morgan fingerprint density at radius 2 is 2.23 bits per heavy atom. The van der Waals surface area contributed by atoms with E-state index >= 15 is 0 Å². The first-order valence-corrected chi connectivity index (χ1v) is 4.09. The van der Waals surface area contributed by atoms with E-state index in [1.165, 1.54) is 4.68 Å². The van der Waals surface area contributed by atoms with Crippen LogP contribution in [0.5, 0.6) is 0 Å². The number of hydrogen-bond acceptors (Lipinski definition) is 5. The van der Waals surface area contributed by atoms with Crippen molar-refractivity contribution in [2.45, 2.75) is 13.3 Å². The molecule has 0 spiro atoms. The fraction of sp³-hybridized carbons (Fsp3) is 0.714. The molecule has 1 aromatic heterocycles. The average Bonchev–Trinajstić information content (AvgIpc) is 2.37. The fourth-order valence-electron chi connectivity index (χ4n) is 1.13. The van der Waals surface area contributed by atoms with Gasteiger partial charge in [0.1, 0.15) is 0 Å². The first-order valence-electron chi connectivity index (χ1n) is 4.09. The largest absolute Gasteiger partial charge is 0.384 e. The molecule has 0 saturated carbocycles. The van der Waals surface area contributed by atoms with Crippen molar-refractivity contribution in [3.63, 3.8) is 0 Å². The molecule has 1 heterocycles. The highest BCUT2D eigenvalue weighted by atomic mass is 16.5. The fourth-order valence-corrected chi connectivity index (χ4v) is 1.13. The van der Waals surface area contributed by atoms with Gasteiger partial charge in [0.05, 0.1) is 0 Å². The van der Waals surface area contributed by atoms with Crippen molar-refractivity contribution in [3.05, 3.63) is 5.82 Å². The van der Waals surface area contributed by atoms with Gasteiger partial charge in [0, 0.05) is 20.1 Å². The second kappa shape index (κ2) is 4.08. The molecule has 13 heavy (non-hydrogen) atoms. The number of ether oxygens (including phenoxy) is 1. The smallest absolute Gasteiger partial charge is 0.240 e. The van der Waals surface area contributed by atoms with Crippen LogP contribution in [0.1, 0.15) is 12.7 Å². The molecule has 4 N–H and O–H groups in total. The molecular weight excluding hydrogens is 170 g/mol. The maximum absolute atomic E-state index is 5.57. The van der Waals surface area contributed by atoms with Gasteiger partial charge in [0.2, 0.25) is 5.95 Å². The van der Waals surface area contributed by atoms with Gasteiger partial charge in [-0.25, -0.2) is 4.68 Å². The molecule has 0 aliphatic carbocycles. The Bertz CT molecular complexity index is 272. The van der Waals surface area contributed by atoms with E-state index in [9.17, 15) is 0 Å². The summed E-state index contributed by atoms with van der Waals surface area (Å²) in [6.07, 6.45) is 0.717. The van der Waals surface area contributed by atoms with Crippen molar-refractivity contribution >= 4 is 5.95 Å². The van der Waals surface area contributed by atoms with Gasteiger partial charge < -0.3 is 16.3 Å². The van der Waals surface area contributed by atoms with E-state index in [0.29, 0.717) is 24.8 Å². The third kappa shape index (κ3) is 2.32. The maximum Gasteiger partial charge on any atom is 0.240 e. The molecule has 74 valence electrons. The highest BCUT2D eigenvalue weighted by Crippen LogP contribution is 2.06. The Hall–Kier alpha value is -1.30. The molecule has 1 atom stereocenters. The van der Waals surface area contributed by atoms with E-state index in [-0.39, 0.29) is 5.95 Å². The van der Waals surface area contributed by atoms with E-state index in [4.69, 9.17) is 16.3 Å². The molecule has 0 radical (unpaired) electrons. The van der Waals surface area contributed by atoms with Crippen molar-refractivity contribution in [1.29, 1.82) is 0 Å². The van der Waals surface area contributed by atoms with Crippen LogP contribution in [0.3, 0.4) is 0 Å². The first-order chi connectivity index (χ1) is 6.15. The summed E-state index contributed by atoms with van der Waals surface area (Å²) in [6, 6.07) is 0. The molecule has 0 fully saturated rings. The van der Waals surface area contributed by atoms with Crippen LogP contribution in [0, 0.1) is 5.92 Å². The van der Waals surface area contributed by atoms with Crippen molar-refractivity contribution < 1.29 is 4.74 Å². The minimum absolute atomic E-state index is 0.236. The molecule has 1 aromatic rings. The van der Waals surface area contributed by atoms with E-state index < -0.39 is 0 Å². The van der Waals surface area contributed by atoms with Gasteiger partial charge in [-0.05, 0) is 5.92 Å². The van der Waals surface area contributed by atoms with Crippen LogP contribution in [0.4, 0.5) is 5.95 Å². The molecule has 1 unspecified atom stereocenters. The number of aromatic nitrogens is 3. The second-order valence-electron chi connectivity index (χ2n) is 3.11. The van der Waals surface area contributed by atoms with Crippen LogP contribution < -0.4 is 11.6 Å². The Kier molecular flexibility index (Phi) is 3.07. The second-order valence-corrected chi connectivity index (χ2v) is 3.11. The summed E-state index contributed by atoms with van der Waals surface area (Å²) in [4.78, 5) is 0. The van der Waals surface area contributed by atoms with E-state index in [1.54, 1.807) is 7.11 Å². The Morgan fingerprint density at radius 3 is 2.69 bits per heavy atom. The predicted molar refractivity (Wildman–Crippen MR) is 49.3 cm³/mol. The van der Waals surface area contributed by atoms with Crippen LogP contribution in [0.2, 0.25) is 0 Å². The number of methoxy groups -OCH3 is 1. The lowest BCUT2D eigenvalue weighted by atomic mass is 10.1. The minimum atomic E-state index is 0.236. The molecule has 0 bridgehead atoms. The monoisotopic (exact) mass is 185 g/mol. The summed E-state index contributed by atoms with van der Waals surface area (Å²) in [5.41, 5.74) is 5.42. The molecule has 0 aliphatic rings. The van der Waals surface area contributed by atoms with Crippen LogP contribution in [0.15, 0.2) is 0 Å². The standard InChI is InChI=1S/C7H15N5O/c1-5(4-13-2)3-6-10-11-7(8)12(6)9/h5H,3-4,9H2,1-2H3,(H2,8,11). The highest BCUT2D eigenvalue weighted by molar-refractivity contribution is 5.17. The number of nitrogen functional groups attached to an aromatic ring is 2. The summed E-state index contributed by atoms with van der Waals surface area (Å²) in [5.74, 6) is 6.85. The Morgan fingerprint density at radius 1 is 1.54 bits per heavy atom. The van der Waals surface area contributed by atoms with Gasteiger partial charge in [-0.2, -0.15) is 0 Å². The number of hydrogen-bond donors (Lipinski definition) is 2. The first kappa shape index (κ1) is 9.79. The number of nitrogens with zero attached hydrogens (tertiary/aromatic N) is 3. The van der Waals surface area contributed by atoms with Gasteiger partial charge in [-0.15, -0.1) is 10.2 Å². The summed E-state index contributed by atoms with van der Waals surface area (Å²) in [7, 11) is 1.66. The molecule has 0 aromatic carbocycles. The Balaban J connectivity index is 2.58. The molecule has 6 nitrogen and oxygen atoms in total. The van der Waals surface area contributed by atoms with Gasteiger partial charge in [0.15, 0.2) is 5.82 Å². The number of nitrogens with two attached hydrogens (primary N) is 2. The van der Waals surface area contributed by atoms with Crippen molar-refractivity contribution in [1.82, 2.24) is 14.9 Å². The van der Waals surface area contributed by atoms with Crippen LogP contribution in [0.25, 0.3) is 0 Å². The normalized spacial score (nSPS) is 13.1. The molecular formula is C7H15N5O. The van der Waals surface area contributed by atoms with Crippen LogP contribution in [-0.2, 0) is 11.2 Å². The lowest BCUT2D eigenvalue weighted by Gasteiger charge is -2.08. The minimum Gasteiger partial charge on any atom is -0.384 e. The molecule has 0 aliphatic heterocycles. The highest BCUT2D eigenvalue weighted by Gasteiger charge is 2.10. The zero-order chi connectivity index (χ0) is 9.84. The zero-order valence-corrected chi connectivity index (χ0v) is 7.90. The van der Waals surface area contributed by atoms with Gasteiger partial charge in [-0.1, -0.05) is 6.92 Å². The molecule has 0 amide bonds. The van der Waals surface area contributed by atoms with Crippen molar-refractivity contribution in [2.24, 2.45) is 5.92 Å². The third-order valence-electron chi connectivity index (χ3n) is 1.78. The van der Waals surface area contributed by atoms with Crippen molar-refractivity contribution in [3.8, 4) is 0 Å². The van der Waals surface area contributed by atoms with E-state index in [1.807, 2.05) is 6.92 Å². The predicted octanol–water partition coefficient (Wildman–Crippen LogP) is -0.601. The van der Waals surface area contributed by atoms with Crippen molar-refractivity contribution in [2.75, 3.05) is 25.3 Å². The quantitative estimate of drug-likeness (QED) is 0.611. The lowest BCUT2D eigenvalue weighted by Crippen LogP contribution is -2.18. The maximum atomic E-state index is 5.57. The number of anilines is 1. The van der Waals surface area contributed by atoms with Gasteiger partial charge >= 0.3 is 0 Å². The molecule has 1 rings (SSSR count). The molecule has 6 heteroatoms. The lowest BCUT2D eigenvalue weighted by molar-refractivity contribution is 0.158. The SMILES string of the molecule is COCC(C)Cc1nnc(N)n1N. The van der Waals surface area contributed by atoms with Crippen LogP contribution >= 0.6 is 0 Å². The summed E-state index contributed by atoms with van der Waals surface area (Å²) < 4.78 is 6.29. The van der Waals surface area contributed by atoms with E-state index in [0.717, 1.165) is 0 Å². The third-order valence-corrected chi connectivity index (χ3v) is 1.78. The van der Waals surface area contributed by atoms with Gasteiger partial charge in [-0.3, -0.25) is 0 Å². The summed E-state index contributed by atoms with van der Waals surface area (Å²) >= 11 is 0. The number of rotatable bonds is 4. The van der Waals surface area contributed by atoms with Crippen LogP contribution in [-0.4, -0.2) is 28.6 Å². The van der Waals surface area contributed by atoms with E-state index in [2.05, 4.69) is 10.2 Å². The summed E-state index contributed by atoms with van der Waals surface area (Å²) in [6.45, 7) is 2.72. The zero-order valence-electron chi connectivity index (χ0n) is 7.90. The Labute approximate surface area is 76.8 Å². The average molecular weight is 185 g/mol. The van der Waals surface area contributed by atoms with Gasteiger partial charge in [0.25, 0.3) is 0 Å². The topological polar surface area (TPSA) is 92.0 Å².